The average Bonchev–Trinajstić information content (AvgIpc) is 2.33. The predicted molar refractivity (Wildman–Crippen MR) is 32.0 cm³/mol. The SMILES string of the molecule is Cn1nncc1C(O)C(F)F. The highest BCUT2D eigenvalue weighted by atomic mass is 19.3. The van der Waals surface area contributed by atoms with Gasteiger partial charge in [-0.3, -0.25) is 0 Å². The number of nitrogens with zero attached hydrogens (tertiary/aromatic N) is 3. The maximum atomic E-state index is 11.9. The van der Waals surface area contributed by atoms with Crippen molar-refractivity contribution < 1.29 is 13.9 Å². The second-order valence-electron chi connectivity index (χ2n) is 2.06. The third-order valence-electron chi connectivity index (χ3n) is 1.29. The summed E-state index contributed by atoms with van der Waals surface area (Å²) < 4.78 is 24.8. The van der Waals surface area contributed by atoms with Gasteiger partial charge in [0.25, 0.3) is 6.43 Å². The normalized spacial score (nSPS) is 13.9. The van der Waals surface area contributed by atoms with Crippen molar-refractivity contribution in [2.45, 2.75) is 12.5 Å². The van der Waals surface area contributed by atoms with Gasteiger partial charge in [-0.05, 0) is 0 Å². The zero-order valence-corrected chi connectivity index (χ0v) is 5.78. The molecular weight excluding hydrogens is 156 g/mol. The molecule has 0 fully saturated rings. The van der Waals surface area contributed by atoms with Gasteiger partial charge in [0, 0.05) is 7.05 Å². The Labute approximate surface area is 61.4 Å². The molecule has 4 nitrogen and oxygen atoms in total. The van der Waals surface area contributed by atoms with E-state index in [1.54, 1.807) is 0 Å². The smallest absolute Gasteiger partial charge is 0.269 e. The molecule has 11 heavy (non-hydrogen) atoms. The van der Waals surface area contributed by atoms with Crippen molar-refractivity contribution in [3.63, 3.8) is 0 Å². The summed E-state index contributed by atoms with van der Waals surface area (Å²) in [6.45, 7) is 0. The van der Waals surface area contributed by atoms with E-state index in [1.165, 1.54) is 7.05 Å². The summed E-state index contributed by atoms with van der Waals surface area (Å²) in [5, 5.41) is 15.6. The van der Waals surface area contributed by atoms with Crippen LogP contribution in [-0.2, 0) is 7.05 Å². The molecule has 0 amide bonds. The molecule has 1 unspecified atom stereocenters. The van der Waals surface area contributed by atoms with E-state index >= 15 is 0 Å². The molecular formula is C5H7F2N3O. The number of aryl methyl sites for hydroxylation is 1. The predicted octanol–water partition coefficient (Wildman–Crippen LogP) is 0.114. The lowest BCUT2D eigenvalue weighted by atomic mass is 10.3. The second-order valence-corrected chi connectivity index (χ2v) is 2.06. The molecule has 1 heterocycles. The zero-order chi connectivity index (χ0) is 8.43. The summed E-state index contributed by atoms with van der Waals surface area (Å²) >= 11 is 0. The van der Waals surface area contributed by atoms with Gasteiger partial charge >= 0.3 is 0 Å². The van der Waals surface area contributed by atoms with Crippen molar-refractivity contribution in [3.8, 4) is 0 Å². The Hall–Kier alpha value is -1.04. The minimum Gasteiger partial charge on any atom is -0.381 e. The van der Waals surface area contributed by atoms with E-state index in [0.717, 1.165) is 10.9 Å². The van der Waals surface area contributed by atoms with Crippen LogP contribution in [0, 0.1) is 0 Å². The van der Waals surface area contributed by atoms with Crippen molar-refractivity contribution >= 4 is 0 Å². The van der Waals surface area contributed by atoms with Gasteiger partial charge in [0.05, 0.1) is 11.9 Å². The number of aliphatic hydroxyl groups is 1. The fraction of sp³-hybridized carbons (Fsp3) is 0.600. The van der Waals surface area contributed by atoms with Crippen LogP contribution < -0.4 is 0 Å². The number of aromatic nitrogens is 3. The highest BCUT2D eigenvalue weighted by Crippen LogP contribution is 2.17. The van der Waals surface area contributed by atoms with Gasteiger partial charge < -0.3 is 5.11 Å². The molecule has 0 saturated carbocycles. The summed E-state index contributed by atoms with van der Waals surface area (Å²) in [6.07, 6.45) is -3.49. The highest BCUT2D eigenvalue weighted by molar-refractivity contribution is 4.98. The van der Waals surface area contributed by atoms with E-state index in [1.807, 2.05) is 0 Å². The Morgan fingerprint density at radius 2 is 2.27 bits per heavy atom. The van der Waals surface area contributed by atoms with Crippen LogP contribution in [0.25, 0.3) is 0 Å². The number of alkyl halides is 2. The zero-order valence-electron chi connectivity index (χ0n) is 5.78. The summed E-state index contributed by atoms with van der Waals surface area (Å²) in [7, 11) is 1.44. The molecule has 0 aliphatic carbocycles. The first-order valence-electron chi connectivity index (χ1n) is 2.93. The van der Waals surface area contributed by atoms with Crippen molar-refractivity contribution in [2.24, 2.45) is 7.05 Å². The average molecular weight is 163 g/mol. The van der Waals surface area contributed by atoms with Crippen molar-refractivity contribution in [2.75, 3.05) is 0 Å². The number of hydrogen-bond acceptors (Lipinski definition) is 3. The monoisotopic (exact) mass is 163 g/mol. The molecule has 1 rings (SSSR count). The number of rotatable bonds is 2. The molecule has 1 aromatic rings. The van der Waals surface area contributed by atoms with Gasteiger partial charge in [0.15, 0.2) is 6.10 Å². The topological polar surface area (TPSA) is 50.9 Å². The molecule has 0 aromatic carbocycles. The third kappa shape index (κ3) is 1.51. The van der Waals surface area contributed by atoms with Crippen LogP contribution >= 0.6 is 0 Å². The first kappa shape index (κ1) is 8.06. The Morgan fingerprint density at radius 1 is 1.64 bits per heavy atom. The van der Waals surface area contributed by atoms with Crippen LogP contribution in [0.15, 0.2) is 6.20 Å². The fourth-order valence-electron chi connectivity index (χ4n) is 0.695. The molecule has 0 bridgehead atoms. The molecule has 0 aliphatic heterocycles. The van der Waals surface area contributed by atoms with Crippen LogP contribution in [0.2, 0.25) is 0 Å². The lowest BCUT2D eigenvalue weighted by molar-refractivity contribution is -0.0103. The first-order chi connectivity index (χ1) is 5.13. The minimum absolute atomic E-state index is 0.0139. The van der Waals surface area contributed by atoms with E-state index < -0.39 is 12.5 Å². The van der Waals surface area contributed by atoms with Gasteiger partial charge in [0.2, 0.25) is 0 Å². The van der Waals surface area contributed by atoms with E-state index in [2.05, 4.69) is 10.3 Å². The third-order valence-corrected chi connectivity index (χ3v) is 1.29. The lowest BCUT2D eigenvalue weighted by Gasteiger charge is -2.07. The molecule has 1 atom stereocenters. The Morgan fingerprint density at radius 3 is 2.64 bits per heavy atom. The van der Waals surface area contributed by atoms with Crippen LogP contribution in [0.5, 0.6) is 0 Å². The molecule has 0 saturated heterocycles. The van der Waals surface area contributed by atoms with E-state index in [-0.39, 0.29) is 5.69 Å². The fourth-order valence-corrected chi connectivity index (χ4v) is 0.695. The Balaban J connectivity index is 2.84. The molecule has 0 spiro atoms. The van der Waals surface area contributed by atoms with Gasteiger partial charge in [-0.2, -0.15) is 0 Å². The molecule has 0 aliphatic rings. The molecule has 6 heteroatoms. The van der Waals surface area contributed by atoms with Gasteiger partial charge in [0.1, 0.15) is 0 Å². The minimum atomic E-state index is -2.80. The molecule has 62 valence electrons. The van der Waals surface area contributed by atoms with Crippen molar-refractivity contribution in [3.05, 3.63) is 11.9 Å². The second kappa shape index (κ2) is 2.91. The lowest BCUT2D eigenvalue weighted by Crippen LogP contribution is -2.12. The molecule has 1 N–H and O–H groups in total. The molecule has 0 radical (unpaired) electrons. The van der Waals surface area contributed by atoms with Crippen LogP contribution in [0.3, 0.4) is 0 Å². The number of halogens is 2. The summed E-state index contributed by atoms with van der Waals surface area (Å²) in [5.41, 5.74) is 0.0139. The first-order valence-corrected chi connectivity index (χ1v) is 2.93. The van der Waals surface area contributed by atoms with Gasteiger partial charge in [-0.1, -0.05) is 5.21 Å². The highest BCUT2D eigenvalue weighted by Gasteiger charge is 2.22. The Kier molecular flexibility index (Phi) is 2.13. The standard InChI is InChI=1S/C5H7F2N3O/c1-10-3(2-8-9-10)4(11)5(6)7/h2,4-5,11H,1H3. The summed E-state index contributed by atoms with van der Waals surface area (Å²) in [4.78, 5) is 0. The van der Waals surface area contributed by atoms with Crippen LogP contribution in [0.1, 0.15) is 11.8 Å². The number of aliphatic hydroxyl groups excluding tert-OH is 1. The summed E-state index contributed by atoms with van der Waals surface area (Å²) in [5.74, 6) is 0. The van der Waals surface area contributed by atoms with Crippen molar-refractivity contribution in [1.82, 2.24) is 15.0 Å². The quantitative estimate of drug-likeness (QED) is 0.673. The number of hydrogen-bond donors (Lipinski definition) is 1. The van der Waals surface area contributed by atoms with Gasteiger partial charge in [-0.15, -0.1) is 5.10 Å². The Bertz CT molecular complexity index is 237. The largest absolute Gasteiger partial charge is 0.381 e. The van der Waals surface area contributed by atoms with E-state index in [0.29, 0.717) is 0 Å². The maximum Gasteiger partial charge on any atom is 0.269 e. The van der Waals surface area contributed by atoms with E-state index in [9.17, 15) is 8.78 Å². The van der Waals surface area contributed by atoms with E-state index in [4.69, 9.17) is 5.11 Å². The van der Waals surface area contributed by atoms with Gasteiger partial charge in [-0.25, -0.2) is 13.5 Å². The summed E-state index contributed by atoms with van der Waals surface area (Å²) in [6, 6.07) is 0. The van der Waals surface area contributed by atoms with Crippen LogP contribution in [-0.4, -0.2) is 26.5 Å². The van der Waals surface area contributed by atoms with Crippen molar-refractivity contribution in [1.29, 1.82) is 0 Å². The van der Waals surface area contributed by atoms with Crippen LogP contribution in [0.4, 0.5) is 8.78 Å². The molecule has 1 aromatic heterocycles. The maximum absolute atomic E-state index is 11.9.